The van der Waals surface area contributed by atoms with Gasteiger partial charge in [-0.25, -0.2) is 9.78 Å². The van der Waals surface area contributed by atoms with Crippen LogP contribution in [0.2, 0.25) is 5.02 Å². The summed E-state index contributed by atoms with van der Waals surface area (Å²) in [6, 6.07) is 14.9. The molecule has 0 radical (unpaired) electrons. The van der Waals surface area contributed by atoms with Crippen molar-refractivity contribution in [1.82, 2.24) is 14.9 Å². The Morgan fingerprint density at radius 3 is 2.77 bits per heavy atom. The summed E-state index contributed by atoms with van der Waals surface area (Å²) in [5, 5.41) is 1.06. The number of rotatable bonds is 3. The quantitative estimate of drug-likeness (QED) is 0.420. The molecule has 5 rings (SSSR count). The van der Waals surface area contributed by atoms with Crippen molar-refractivity contribution in [3.05, 3.63) is 95.6 Å². The monoisotopic (exact) mass is 497 g/mol. The van der Waals surface area contributed by atoms with Gasteiger partial charge in [0, 0.05) is 41.5 Å². The zero-order valence-electron chi connectivity index (χ0n) is 16.3. The van der Waals surface area contributed by atoms with Crippen LogP contribution in [0.25, 0.3) is 22.4 Å². The lowest BCUT2D eigenvalue weighted by molar-refractivity contribution is 0.239. The summed E-state index contributed by atoms with van der Waals surface area (Å²) < 4.78 is 6.31. The molecule has 3 heterocycles. The van der Waals surface area contributed by atoms with Crippen LogP contribution in [-0.4, -0.2) is 21.4 Å². The molecule has 31 heavy (non-hydrogen) atoms. The molecule has 1 aliphatic rings. The normalized spacial score (nSPS) is 14.0. The number of aromatic amines is 1. The minimum absolute atomic E-state index is 0.158. The molecule has 1 N–H and O–H groups in total. The molecule has 156 valence electrons. The highest BCUT2D eigenvalue weighted by molar-refractivity contribution is 9.10. The molecule has 1 aliphatic heterocycles. The van der Waals surface area contributed by atoms with Crippen LogP contribution >= 0.6 is 27.5 Å². The Balaban J connectivity index is 1.46. The Kier molecular flexibility index (Phi) is 5.25. The van der Waals surface area contributed by atoms with E-state index in [9.17, 15) is 9.59 Å². The van der Waals surface area contributed by atoms with Crippen molar-refractivity contribution in [2.45, 2.75) is 19.5 Å². The van der Waals surface area contributed by atoms with Gasteiger partial charge in [-0.1, -0.05) is 57.9 Å². The van der Waals surface area contributed by atoms with Crippen molar-refractivity contribution in [2.75, 3.05) is 6.54 Å². The molecular formula is C23H17BrClN3O3. The lowest BCUT2D eigenvalue weighted by Crippen LogP contribution is -2.36. The van der Waals surface area contributed by atoms with Crippen LogP contribution in [0, 0.1) is 0 Å². The molecule has 0 aliphatic carbocycles. The average Bonchev–Trinajstić information content (AvgIpc) is 2.78. The Labute approximate surface area is 190 Å². The highest BCUT2D eigenvalue weighted by Crippen LogP contribution is 2.29. The van der Waals surface area contributed by atoms with E-state index in [4.69, 9.17) is 16.0 Å². The number of fused-ring (bicyclic) bond motifs is 2. The van der Waals surface area contributed by atoms with Crippen LogP contribution in [-0.2, 0) is 19.5 Å². The van der Waals surface area contributed by atoms with Crippen LogP contribution < -0.4 is 11.2 Å². The molecule has 2 aromatic heterocycles. The van der Waals surface area contributed by atoms with Gasteiger partial charge in [0.1, 0.15) is 11.4 Å². The number of nitrogens with zero attached hydrogens (tertiary/aromatic N) is 2. The van der Waals surface area contributed by atoms with Crippen molar-refractivity contribution in [3.8, 4) is 11.4 Å². The van der Waals surface area contributed by atoms with E-state index in [1.165, 1.54) is 0 Å². The number of hydrogen-bond donors (Lipinski definition) is 1. The lowest BCUT2D eigenvalue weighted by atomic mass is 10.1. The van der Waals surface area contributed by atoms with E-state index in [0.717, 1.165) is 15.7 Å². The van der Waals surface area contributed by atoms with Crippen molar-refractivity contribution in [2.24, 2.45) is 0 Å². The van der Waals surface area contributed by atoms with Crippen LogP contribution in [0.5, 0.6) is 0 Å². The third kappa shape index (κ3) is 3.84. The standard InChI is InChI=1S/C23H17BrClN3O3/c24-14-6-7-19-15(10-14)20(25)17(23(30)31-19)12-28-9-8-18-16(11-28)22(29)27-21(26-18)13-4-2-1-3-5-13/h1-7,10H,8-9,11-12H2,(H,26,27,29). The van der Waals surface area contributed by atoms with E-state index in [1.807, 2.05) is 41.3 Å². The van der Waals surface area contributed by atoms with Gasteiger partial charge in [-0.2, -0.15) is 0 Å². The predicted octanol–water partition coefficient (Wildman–Crippen LogP) is 4.52. The van der Waals surface area contributed by atoms with Gasteiger partial charge in [-0.15, -0.1) is 0 Å². The fourth-order valence-corrected chi connectivity index (χ4v) is 4.53. The molecule has 0 saturated heterocycles. The third-order valence-corrected chi connectivity index (χ3v) is 6.39. The summed E-state index contributed by atoms with van der Waals surface area (Å²) in [6.45, 7) is 1.34. The Morgan fingerprint density at radius 1 is 1.16 bits per heavy atom. The number of benzene rings is 2. The summed E-state index contributed by atoms with van der Waals surface area (Å²) in [5.74, 6) is 0.571. The average molecular weight is 499 g/mol. The molecule has 0 saturated carbocycles. The van der Waals surface area contributed by atoms with E-state index in [-0.39, 0.29) is 5.56 Å². The molecule has 2 aromatic carbocycles. The first kappa shape index (κ1) is 20.2. The van der Waals surface area contributed by atoms with Crippen LogP contribution in [0.4, 0.5) is 0 Å². The first-order valence-electron chi connectivity index (χ1n) is 9.80. The molecule has 6 nitrogen and oxygen atoms in total. The largest absolute Gasteiger partial charge is 0.422 e. The van der Waals surface area contributed by atoms with E-state index >= 15 is 0 Å². The van der Waals surface area contributed by atoms with Gasteiger partial charge in [0.15, 0.2) is 0 Å². The highest BCUT2D eigenvalue weighted by atomic mass is 79.9. The maximum atomic E-state index is 12.8. The fourth-order valence-electron chi connectivity index (χ4n) is 3.88. The van der Waals surface area contributed by atoms with Crippen molar-refractivity contribution >= 4 is 38.5 Å². The fraction of sp³-hybridized carbons (Fsp3) is 0.174. The topological polar surface area (TPSA) is 79.2 Å². The molecular weight excluding hydrogens is 482 g/mol. The summed E-state index contributed by atoms with van der Waals surface area (Å²) in [4.78, 5) is 34.9. The minimum atomic E-state index is -0.461. The molecule has 0 unspecified atom stereocenters. The van der Waals surface area contributed by atoms with Gasteiger partial charge < -0.3 is 9.40 Å². The van der Waals surface area contributed by atoms with Crippen LogP contribution in [0.15, 0.2) is 67.0 Å². The van der Waals surface area contributed by atoms with Crippen molar-refractivity contribution < 1.29 is 4.42 Å². The zero-order valence-corrected chi connectivity index (χ0v) is 18.7. The summed E-state index contributed by atoms with van der Waals surface area (Å²) in [7, 11) is 0. The maximum absolute atomic E-state index is 12.8. The zero-order chi connectivity index (χ0) is 21.5. The minimum Gasteiger partial charge on any atom is -0.422 e. The van der Waals surface area contributed by atoms with Crippen molar-refractivity contribution in [1.29, 1.82) is 0 Å². The SMILES string of the molecule is O=c1[nH]c(-c2ccccc2)nc2c1CN(Cc1c(Cl)c3cc(Br)ccc3oc1=O)CC2. The second-order valence-corrected chi connectivity index (χ2v) is 8.78. The first-order valence-corrected chi connectivity index (χ1v) is 11.0. The number of nitrogens with one attached hydrogen (secondary N) is 1. The summed E-state index contributed by atoms with van der Waals surface area (Å²) >= 11 is 9.99. The Morgan fingerprint density at radius 2 is 1.97 bits per heavy atom. The molecule has 8 heteroatoms. The third-order valence-electron chi connectivity index (χ3n) is 5.47. The van der Waals surface area contributed by atoms with Gasteiger partial charge in [0.25, 0.3) is 5.56 Å². The van der Waals surface area contributed by atoms with Gasteiger partial charge in [0.05, 0.1) is 21.8 Å². The number of aromatic nitrogens is 2. The Hall–Kier alpha value is -2.74. The molecule has 0 fully saturated rings. The van der Waals surface area contributed by atoms with Crippen LogP contribution in [0.1, 0.15) is 16.8 Å². The first-order chi connectivity index (χ1) is 15.0. The van der Waals surface area contributed by atoms with Gasteiger partial charge in [-0.05, 0) is 18.2 Å². The number of hydrogen-bond acceptors (Lipinski definition) is 5. The summed E-state index contributed by atoms with van der Waals surface area (Å²) in [6.07, 6.45) is 0.612. The molecule has 0 bridgehead atoms. The highest BCUT2D eigenvalue weighted by Gasteiger charge is 2.24. The smallest absolute Gasteiger partial charge is 0.342 e. The lowest BCUT2D eigenvalue weighted by Gasteiger charge is -2.27. The predicted molar refractivity (Wildman–Crippen MR) is 123 cm³/mol. The second kappa shape index (κ2) is 8.07. The van der Waals surface area contributed by atoms with E-state index in [0.29, 0.717) is 59.0 Å². The van der Waals surface area contributed by atoms with Gasteiger partial charge >= 0.3 is 5.63 Å². The van der Waals surface area contributed by atoms with Gasteiger partial charge in [-0.3, -0.25) is 9.69 Å². The number of H-pyrrole nitrogens is 1. The van der Waals surface area contributed by atoms with Gasteiger partial charge in [0.2, 0.25) is 0 Å². The maximum Gasteiger partial charge on any atom is 0.342 e. The summed E-state index contributed by atoms with van der Waals surface area (Å²) in [5.41, 5.74) is 2.50. The molecule has 0 amide bonds. The molecule has 0 spiro atoms. The number of halogens is 2. The molecule has 4 aromatic rings. The van der Waals surface area contributed by atoms with Crippen LogP contribution in [0.3, 0.4) is 0 Å². The van der Waals surface area contributed by atoms with E-state index in [1.54, 1.807) is 12.1 Å². The Bertz CT molecular complexity index is 1420. The second-order valence-electron chi connectivity index (χ2n) is 7.49. The van der Waals surface area contributed by atoms with Crippen molar-refractivity contribution in [3.63, 3.8) is 0 Å². The molecule has 0 atom stereocenters. The van der Waals surface area contributed by atoms with E-state index in [2.05, 4.69) is 25.9 Å². The van der Waals surface area contributed by atoms with E-state index < -0.39 is 5.63 Å².